The number of alkyl halides is 1. The summed E-state index contributed by atoms with van der Waals surface area (Å²) in [5.41, 5.74) is 0. The second kappa shape index (κ2) is 6.24. The normalized spacial score (nSPS) is 35.4. The van der Waals surface area contributed by atoms with Gasteiger partial charge in [-0.2, -0.15) is 0 Å². The molecule has 1 aliphatic heterocycles. The van der Waals surface area contributed by atoms with E-state index in [0.717, 1.165) is 29.1 Å². The van der Waals surface area contributed by atoms with E-state index in [1.807, 2.05) is 0 Å². The van der Waals surface area contributed by atoms with Gasteiger partial charge < -0.3 is 0 Å². The van der Waals surface area contributed by atoms with Gasteiger partial charge in [0.1, 0.15) is 0 Å². The summed E-state index contributed by atoms with van der Waals surface area (Å²) in [6, 6.07) is 0.772. The van der Waals surface area contributed by atoms with Crippen molar-refractivity contribution < 1.29 is 0 Å². The molecular weight excluding hydrogens is 250 g/mol. The number of nitrogens with zero attached hydrogens (tertiary/aromatic N) is 1. The molecule has 0 saturated carbocycles. The third-order valence-electron chi connectivity index (χ3n) is 4.01. The predicted octanol–water partition coefficient (Wildman–Crippen LogP) is 3.77. The number of hydrogen-bond acceptors (Lipinski definition) is 1. The standard InChI is InChI=1S/C13H26BrN/c1-5-13(7-14)9-15-8-10(2)6-11(3)12(15)4/h10-13H,5-9H2,1-4H3. The summed E-state index contributed by atoms with van der Waals surface area (Å²) in [4.78, 5) is 2.70. The molecule has 0 bridgehead atoms. The van der Waals surface area contributed by atoms with Crippen LogP contribution in [0.25, 0.3) is 0 Å². The molecule has 0 radical (unpaired) electrons. The third kappa shape index (κ3) is 3.74. The number of piperidine rings is 1. The molecule has 0 spiro atoms. The van der Waals surface area contributed by atoms with Gasteiger partial charge in [-0.1, -0.05) is 43.1 Å². The SMILES string of the molecule is CCC(CBr)CN1CC(C)CC(C)C1C. The van der Waals surface area contributed by atoms with Crippen LogP contribution >= 0.6 is 15.9 Å². The first-order chi connectivity index (χ1) is 7.08. The summed E-state index contributed by atoms with van der Waals surface area (Å²) in [5.74, 6) is 2.57. The lowest BCUT2D eigenvalue weighted by molar-refractivity contribution is 0.0672. The maximum Gasteiger partial charge on any atom is 0.00929 e. The second-order valence-electron chi connectivity index (χ2n) is 5.44. The van der Waals surface area contributed by atoms with Crippen LogP contribution in [0, 0.1) is 17.8 Å². The molecule has 1 heterocycles. The Hall–Kier alpha value is 0.440. The molecule has 4 unspecified atom stereocenters. The lowest BCUT2D eigenvalue weighted by atomic mass is 9.85. The van der Waals surface area contributed by atoms with Gasteiger partial charge in [-0.25, -0.2) is 0 Å². The van der Waals surface area contributed by atoms with E-state index < -0.39 is 0 Å². The monoisotopic (exact) mass is 275 g/mol. The van der Waals surface area contributed by atoms with Crippen LogP contribution in [0.5, 0.6) is 0 Å². The smallest absolute Gasteiger partial charge is 0.00929 e. The first-order valence-electron chi connectivity index (χ1n) is 6.38. The summed E-state index contributed by atoms with van der Waals surface area (Å²) >= 11 is 3.63. The molecule has 1 fully saturated rings. The van der Waals surface area contributed by atoms with Crippen molar-refractivity contribution in [1.29, 1.82) is 0 Å². The number of halogens is 1. The van der Waals surface area contributed by atoms with E-state index in [9.17, 15) is 0 Å². The van der Waals surface area contributed by atoms with Crippen molar-refractivity contribution in [3.63, 3.8) is 0 Å². The Balaban J connectivity index is 2.51. The van der Waals surface area contributed by atoms with E-state index in [0.29, 0.717) is 0 Å². The maximum atomic E-state index is 3.63. The van der Waals surface area contributed by atoms with E-state index in [1.54, 1.807) is 0 Å². The Labute approximate surface area is 104 Å². The molecule has 4 atom stereocenters. The third-order valence-corrected chi connectivity index (χ3v) is 4.92. The van der Waals surface area contributed by atoms with Gasteiger partial charge in [0.05, 0.1) is 0 Å². The van der Waals surface area contributed by atoms with Crippen LogP contribution in [0.4, 0.5) is 0 Å². The van der Waals surface area contributed by atoms with Crippen molar-refractivity contribution in [3.8, 4) is 0 Å². The average Bonchev–Trinajstić information content (AvgIpc) is 2.21. The van der Waals surface area contributed by atoms with Gasteiger partial charge >= 0.3 is 0 Å². The summed E-state index contributed by atoms with van der Waals surface area (Å²) in [6.45, 7) is 12.1. The molecule has 90 valence electrons. The Kier molecular flexibility index (Phi) is 5.62. The minimum absolute atomic E-state index is 0.772. The fraction of sp³-hybridized carbons (Fsp3) is 1.00. The molecule has 1 nitrogen and oxygen atoms in total. The second-order valence-corrected chi connectivity index (χ2v) is 6.09. The van der Waals surface area contributed by atoms with Crippen molar-refractivity contribution in [2.45, 2.75) is 46.6 Å². The molecule has 1 saturated heterocycles. The lowest BCUT2D eigenvalue weighted by Gasteiger charge is -2.42. The highest BCUT2D eigenvalue weighted by Crippen LogP contribution is 2.28. The van der Waals surface area contributed by atoms with E-state index >= 15 is 0 Å². The van der Waals surface area contributed by atoms with Crippen LogP contribution in [-0.2, 0) is 0 Å². The predicted molar refractivity (Wildman–Crippen MR) is 71.6 cm³/mol. The zero-order chi connectivity index (χ0) is 11.4. The summed E-state index contributed by atoms with van der Waals surface area (Å²) in [7, 11) is 0. The van der Waals surface area contributed by atoms with E-state index in [2.05, 4.69) is 48.5 Å². The first-order valence-corrected chi connectivity index (χ1v) is 7.50. The maximum absolute atomic E-state index is 3.63. The highest BCUT2D eigenvalue weighted by atomic mass is 79.9. The number of likely N-dealkylation sites (tertiary alicyclic amines) is 1. The molecule has 1 rings (SSSR count). The quantitative estimate of drug-likeness (QED) is 0.706. The molecule has 2 heteroatoms. The van der Waals surface area contributed by atoms with E-state index in [-0.39, 0.29) is 0 Å². The summed E-state index contributed by atoms with van der Waals surface area (Å²) in [6.07, 6.45) is 2.69. The number of rotatable bonds is 4. The zero-order valence-electron chi connectivity index (χ0n) is 10.7. The molecule has 1 aliphatic rings. The topological polar surface area (TPSA) is 3.24 Å². The highest BCUT2D eigenvalue weighted by Gasteiger charge is 2.29. The van der Waals surface area contributed by atoms with Gasteiger partial charge in [-0.3, -0.25) is 4.90 Å². The molecule has 0 aromatic carbocycles. The molecule has 15 heavy (non-hydrogen) atoms. The summed E-state index contributed by atoms with van der Waals surface area (Å²) in [5, 5.41) is 1.15. The minimum Gasteiger partial charge on any atom is -0.300 e. The van der Waals surface area contributed by atoms with Crippen molar-refractivity contribution in [1.82, 2.24) is 4.90 Å². The van der Waals surface area contributed by atoms with Crippen LogP contribution < -0.4 is 0 Å². The van der Waals surface area contributed by atoms with Gasteiger partial charge in [-0.05, 0) is 31.1 Å². The molecular formula is C13H26BrN. The number of hydrogen-bond donors (Lipinski definition) is 0. The zero-order valence-corrected chi connectivity index (χ0v) is 12.3. The fourth-order valence-corrected chi connectivity index (χ4v) is 3.35. The minimum atomic E-state index is 0.772. The van der Waals surface area contributed by atoms with Crippen molar-refractivity contribution in [2.24, 2.45) is 17.8 Å². The van der Waals surface area contributed by atoms with Gasteiger partial charge in [0.25, 0.3) is 0 Å². The van der Waals surface area contributed by atoms with Gasteiger partial charge in [-0.15, -0.1) is 0 Å². The molecule has 0 aliphatic carbocycles. The lowest BCUT2D eigenvalue weighted by Crippen LogP contribution is -2.47. The van der Waals surface area contributed by atoms with Gasteiger partial charge in [0.15, 0.2) is 0 Å². The molecule has 0 aromatic heterocycles. The van der Waals surface area contributed by atoms with Crippen LogP contribution in [0.15, 0.2) is 0 Å². The highest BCUT2D eigenvalue weighted by molar-refractivity contribution is 9.09. The van der Waals surface area contributed by atoms with Gasteiger partial charge in [0, 0.05) is 24.5 Å². The summed E-state index contributed by atoms with van der Waals surface area (Å²) < 4.78 is 0. The Morgan fingerprint density at radius 2 is 2.00 bits per heavy atom. The van der Waals surface area contributed by atoms with Gasteiger partial charge in [0.2, 0.25) is 0 Å². The molecule has 0 N–H and O–H groups in total. The van der Waals surface area contributed by atoms with E-state index in [4.69, 9.17) is 0 Å². The average molecular weight is 276 g/mol. The fourth-order valence-electron chi connectivity index (χ4n) is 2.69. The Morgan fingerprint density at radius 1 is 1.33 bits per heavy atom. The largest absolute Gasteiger partial charge is 0.300 e. The van der Waals surface area contributed by atoms with Crippen LogP contribution in [0.2, 0.25) is 0 Å². The van der Waals surface area contributed by atoms with Crippen LogP contribution in [0.1, 0.15) is 40.5 Å². The van der Waals surface area contributed by atoms with Crippen molar-refractivity contribution in [2.75, 3.05) is 18.4 Å². The van der Waals surface area contributed by atoms with Crippen LogP contribution in [0.3, 0.4) is 0 Å². The molecule has 0 amide bonds. The Morgan fingerprint density at radius 3 is 2.53 bits per heavy atom. The van der Waals surface area contributed by atoms with E-state index in [1.165, 1.54) is 25.9 Å². The molecule has 0 aromatic rings. The van der Waals surface area contributed by atoms with Crippen LogP contribution in [-0.4, -0.2) is 29.4 Å². The van der Waals surface area contributed by atoms with Crippen molar-refractivity contribution in [3.05, 3.63) is 0 Å². The van der Waals surface area contributed by atoms with Crippen molar-refractivity contribution >= 4 is 15.9 Å². The Bertz CT molecular complexity index is 179. The first kappa shape index (κ1) is 13.5.